The Hall–Kier alpha value is -0.620. The first-order valence-corrected chi connectivity index (χ1v) is 5.37. The molecule has 0 saturated heterocycles. The van der Waals surface area contributed by atoms with E-state index >= 15 is 0 Å². The average Bonchev–Trinajstić information content (AvgIpc) is 2.17. The van der Waals surface area contributed by atoms with Crippen LogP contribution in [0.25, 0.3) is 0 Å². The van der Waals surface area contributed by atoms with Gasteiger partial charge < -0.3 is 9.84 Å². The van der Waals surface area contributed by atoms with Crippen LogP contribution in [0.4, 0.5) is 0 Å². The highest BCUT2D eigenvalue weighted by atomic mass is 127. The maximum absolute atomic E-state index is 11.5. The molecule has 1 unspecified atom stereocenters. The lowest BCUT2D eigenvalue weighted by atomic mass is 10.1. The number of ether oxygens (including phenoxy) is 1. The van der Waals surface area contributed by atoms with Gasteiger partial charge >= 0.3 is 0 Å². The van der Waals surface area contributed by atoms with Crippen molar-refractivity contribution in [1.82, 2.24) is 0 Å². The number of Topliss-reactive ketones (excluding diaryl/α,β-unsaturated/α-hetero) is 1. The van der Waals surface area contributed by atoms with Crippen molar-refractivity contribution in [2.24, 2.45) is 0 Å². The highest BCUT2D eigenvalue weighted by molar-refractivity contribution is 14.1. The molecule has 1 aromatic carbocycles. The molecule has 0 aliphatic heterocycles. The molecule has 1 N–H and O–H groups in total. The van der Waals surface area contributed by atoms with Crippen LogP contribution >= 0.6 is 22.6 Å². The van der Waals surface area contributed by atoms with Crippen molar-refractivity contribution in [3.8, 4) is 5.75 Å². The summed E-state index contributed by atoms with van der Waals surface area (Å²) < 4.78 is 4.36. The third-order valence-electron chi connectivity index (χ3n) is 1.75. The van der Waals surface area contributed by atoms with Crippen molar-refractivity contribution < 1.29 is 14.6 Å². The zero-order valence-corrected chi connectivity index (χ0v) is 9.89. The lowest BCUT2D eigenvalue weighted by Gasteiger charge is -2.04. The first-order chi connectivity index (χ1) is 6.63. The number of alkyl halides is 1. The standard InChI is InChI=1S/C10H11IO3/c1-14-8-4-2-3-7(5-8)9(12)6-10(11)13/h2-5,10,13H,6H2,1H3. The molecule has 1 atom stereocenters. The fourth-order valence-corrected chi connectivity index (χ4v) is 1.47. The second kappa shape index (κ2) is 5.31. The minimum Gasteiger partial charge on any atom is -0.497 e. The van der Waals surface area contributed by atoms with Gasteiger partial charge in [-0.2, -0.15) is 0 Å². The molecule has 1 rings (SSSR count). The molecule has 0 amide bonds. The zero-order valence-electron chi connectivity index (χ0n) is 7.74. The van der Waals surface area contributed by atoms with E-state index in [1.807, 2.05) is 0 Å². The van der Waals surface area contributed by atoms with E-state index in [1.54, 1.807) is 54.0 Å². The topological polar surface area (TPSA) is 46.5 Å². The van der Waals surface area contributed by atoms with Gasteiger partial charge in [0.15, 0.2) is 5.78 Å². The Kier molecular flexibility index (Phi) is 4.34. The maximum atomic E-state index is 11.5. The number of benzene rings is 1. The molecule has 0 aliphatic carbocycles. The number of halogens is 1. The third kappa shape index (κ3) is 3.26. The van der Waals surface area contributed by atoms with Gasteiger partial charge in [0.1, 0.15) is 9.86 Å². The summed E-state index contributed by atoms with van der Waals surface area (Å²) in [5.74, 6) is 0.574. The molecule has 0 aliphatic rings. The van der Waals surface area contributed by atoms with Gasteiger partial charge in [-0.3, -0.25) is 4.79 Å². The number of carbonyl (C=O) groups is 1. The highest BCUT2D eigenvalue weighted by Crippen LogP contribution is 2.15. The summed E-state index contributed by atoms with van der Waals surface area (Å²) in [6.07, 6.45) is 0.133. The van der Waals surface area contributed by atoms with E-state index in [4.69, 9.17) is 9.84 Å². The molecule has 0 saturated carbocycles. The molecular weight excluding hydrogens is 295 g/mol. The molecule has 0 fully saturated rings. The van der Waals surface area contributed by atoms with E-state index in [0.717, 1.165) is 0 Å². The van der Waals surface area contributed by atoms with Crippen LogP contribution in [0.5, 0.6) is 5.75 Å². The van der Waals surface area contributed by atoms with Crippen molar-refractivity contribution in [1.29, 1.82) is 0 Å². The third-order valence-corrected chi connectivity index (χ3v) is 2.19. The molecule has 0 spiro atoms. The summed E-state index contributed by atoms with van der Waals surface area (Å²) in [6.45, 7) is 0. The quantitative estimate of drug-likeness (QED) is 0.526. The predicted octanol–water partition coefficient (Wildman–Crippen LogP) is 2.02. The number of aliphatic hydroxyl groups is 1. The van der Waals surface area contributed by atoms with Gasteiger partial charge in [-0.05, 0) is 12.1 Å². The van der Waals surface area contributed by atoms with Crippen LogP contribution in [0.1, 0.15) is 16.8 Å². The Morgan fingerprint density at radius 2 is 2.36 bits per heavy atom. The summed E-state index contributed by atoms with van der Waals surface area (Å²) in [7, 11) is 1.55. The molecule has 0 bridgehead atoms. The van der Waals surface area contributed by atoms with E-state index in [-0.39, 0.29) is 12.2 Å². The summed E-state index contributed by atoms with van der Waals surface area (Å²) in [6, 6.07) is 6.91. The maximum Gasteiger partial charge on any atom is 0.166 e. The van der Waals surface area contributed by atoms with Crippen molar-refractivity contribution in [2.75, 3.05) is 7.11 Å². The van der Waals surface area contributed by atoms with Crippen LogP contribution in [-0.2, 0) is 0 Å². The van der Waals surface area contributed by atoms with Crippen LogP contribution in [0.15, 0.2) is 24.3 Å². The second-order valence-electron chi connectivity index (χ2n) is 2.79. The Bertz CT molecular complexity index is 323. The van der Waals surface area contributed by atoms with Gasteiger partial charge in [0.25, 0.3) is 0 Å². The molecule has 3 nitrogen and oxygen atoms in total. The Labute approximate surface area is 96.2 Å². The van der Waals surface area contributed by atoms with E-state index in [1.165, 1.54) is 0 Å². The molecular formula is C10H11IO3. The normalized spacial score (nSPS) is 12.2. The molecule has 1 aromatic rings. The summed E-state index contributed by atoms with van der Waals surface area (Å²) in [5, 5.41) is 9.05. The summed E-state index contributed by atoms with van der Waals surface area (Å²) >= 11 is 1.81. The number of rotatable bonds is 4. The molecule has 4 heteroatoms. The van der Waals surface area contributed by atoms with Gasteiger partial charge in [-0.1, -0.05) is 34.7 Å². The van der Waals surface area contributed by atoms with Crippen molar-refractivity contribution in [3.63, 3.8) is 0 Å². The highest BCUT2D eigenvalue weighted by Gasteiger charge is 2.10. The zero-order chi connectivity index (χ0) is 10.6. The van der Waals surface area contributed by atoms with Crippen molar-refractivity contribution >= 4 is 28.4 Å². The Balaban J connectivity index is 2.79. The van der Waals surface area contributed by atoms with Crippen LogP contribution in [0, 0.1) is 0 Å². The van der Waals surface area contributed by atoms with E-state index in [9.17, 15) is 4.79 Å². The van der Waals surface area contributed by atoms with Gasteiger partial charge in [-0.25, -0.2) is 0 Å². The Morgan fingerprint density at radius 3 is 2.93 bits per heavy atom. The number of hydrogen-bond donors (Lipinski definition) is 1. The number of aliphatic hydroxyl groups excluding tert-OH is 1. The first kappa shape index (κ1) is 11.5. The van der Waals surface area contributed by atoms with E-state index in [0.29, 0.717) is 11.3 Å². The lowest BCUT2D eigenvalue weighted by Crippen LogP contribution is -2.06. The average molecular weight is 306 g/mol. The van der Waals surface area contributed by atoms with Crippen LogP contribution in [-0.4, -0.2) is 22.1 Å². The van der Waals surface area contributed by atoms with Gasteiger partial charge in [0.2, 0.25) is 0 Å². The number of ketones is 1. The molecule has 76 valence electrons. The molecule has 0 radical (unpaired) electrons. The lowest BCUT2D eigenvalue weighted by molar-refractivity contribution is 0.0949. The number of hydrogen-bond acceptors (Lipinski definition) is 3. The molecule has 0 aromatic heterocycles. The van der Waals surface area contributed by atoms with E-state index in [2.05, 4.69) is 0 Å². The number of methoxy groups -OCH3 is 1. The smallest absolute Gasteiger partial charge is 0.166 e. The van der Waals surface area contributed by atoms with Crippen LogP contribution < -0.4 is 4.74 Å². The monoisotopic (exact) mass is 306 g/mol. The first-order valence-electron chi connectivity index (χ1n) is 4.13. The van der Waals surface area contributed by atoms with Crippen LogP contribution in [0.3, 0.4) is 0 Å². The minimum atomic E-state index is -0.633. The van der Waals surface area contributed by atoms with E-state index < -0.39 is 4.11 Å². The van der Waals surface area contributed by atoms with Crippen molar-refractivity contribution in [3.05, 3.63) is 29.8 Å². The molecule has 0 heterocycles. The fraction of sp³-hybridized carbons (Fsp3) is 0.300. The van der Waals surface area contributed by atoms with Gasteiger partial charge in [0, 0.05) is 12.0 Å². The van der Waals surface area contributed by atoms with Crippen molar-refractivity contribution in [2.45, 2.75) is 10.5 Å². The predicted molar refractivity (Wildman–Crippen MR) is 62.0 cm³/mol. The SMILES string of the molecule is COc1cccc(C(=O)CC(O)I)c1. The second-order valence-corrected chi connectivity index (χ2v) is 4.23. The van der Waals surface area contributed by atoms with Gasteiger partial charge in [0.05, 0.1) is 7.11 Å². The van der Waals surface area contributed by atoms with Crippen LogP contribution in [0.2, 0.25) is 0 Å². The number of carbonyl (C=O) groups excluding carboxylic acids is 1. The fourth-order valence-electron chi connectivity index (χ4n) is 1.07. The summed E-state index contributed by atoms with van der Waals surface area (Å²) in [4.78, 5) is 11.5. The molecule has 14 heavy (non-hydrogen) atoms. The van der Waals surface area contributed by atoms with Gasteiger partial charge in [-0.15, -0.1) is 0 Å². The minimum absolute atomic E-state index is 0.0780. The largest absolute Gasteiger partial charge is 0.497 e. The summed E-state index contributed by atoms with van der Waals surface area (Å²) in [5.41, 5.74) is 0.570. The Morgan fingerprint density at radius 1 is 1.64 bits per heavy atom.